The minimum absolute atomic E-state index is 0.0595. The van der Waals surface area contributed by atoms with Crippen LogP contribution in [0.1, 0.15) is 28.3 Å². The van der Waals surface area contributed by atoms with Crippen molar-refractivity contribution in [1.82, 2.24) is 0 Å². The summed E-state index contributed by atoms with van der Waals surface area (Å²) in [7, 11) is 0. The third-order valence-electron chi connectivity index (χ3n) is 2.89. The normalized spacial score (nSPS) is 11.6. The first kappa shape index (κ1) is 13.0. The zero-order valence-corrected chi connectivity index (χ0v) is 10.2. The van der Waals surface area contributed by atoms with Gasteiger partial charge in [0.15, 0.2) is 5.78 Å². The second-order valence-electron chi connectivity index (χ2n) is 4.23. The van der Waals surface area contributed by atoms with E-state index < -0.39 is 11.7 Å². The average Bonchev–Trinajstić information content (AvgIpc) is 2.45. The Hall–Kier alpha value is -2.47. The van der Waals surface area contributed by atoms with E-state index >= 15 is 0 Å². The Morgan fingerprint density at radius 3 is 2.53 bits per heavy atom. The van der Waals surface area contributed by atoms with Crippen LogP contribution in [0, 0.1) is 17.1 Å². The van der Waals surface area contributed by atoms with Gasteiger partial charge in [-0.15, -0.1) is 0 Å². The molecule has 0 saturated carbocycles. The van der Waals surface area contributed by atoms with Gasteiger partial charge in [-0.2, -0.15) is 5.26 Å². The van der Waals surface area contributed by atoms with Crippen molar-refractivity contribution < 1.29 is 9.18 Å². The summed E-state index contributed by atoms with van der Waals surface area (Å²) in [4.78, 5) is 12.0. The number of ketones is 1. The second kappa shape index (κ2) is 5.92. The Labute approximate surface area is 111 Å². The lowest BCUT2D eigenvalue weighted by Gasteiger charge is -2.08. The number of benzene rings is 2. The van der Waals surface area contributed by atoms with Gasteiger partial charge in [0.1, 0.15) is 5.82 Å². The van der Waals surface area contributed by atoms with Crippen LogP contribution in [0.5, 0.6) is 0 Å². The molecule has 2 nitrogen and oxygen atoms in total. The highest BCUT2D eigenvalue weighted by molar-refractivity contribution is 5.96. The fourth-order valence-electron chi connectivity index (χ4n) is 1.89. The van der Waals surface area contributed by atoms with Crippen molar-refractivity contribution in [3.8, 4) is 6.07 Å². The van der Waals surface area contributed by atoms with Crippen molar-refractivity contribution in [3.05, 3.63) is 71.5 Å². The highest BCUT2D eigenvalue weighted by Crippen LogP contribution is 2.21. The van der Waals surface area contributed by atoms with E-state index in [-0.39, 0.29) is 12.2 Å². The number of nitrogens with zero attached hydrogens (tertiary/aromatic N) is 1. The molecule has 0 radical (unpaired) electrons. The van der Waals surface area contributed by atoms with Crippen LogP contribution in [0.15, 0.2) is 54.6 Å². The van der Waals surface area contributed by atoms with Crippen molar-refractivity contribution in [2.75, 3.05) is 0 Å². The molecule has 0 aliphatic rings. The predicted molar refractivity (Wildman–Crippen MR) is 70.1 cm³/mol. The van der Waals surface area contributed by atoms with Gasteiger partial charge in [0.05, 0.1) is 12.0 Å². The first-order chi connectivity index (χ1) is 9.20. The van der Waals surface area contributed by atoms with Crippen molar-refractivity contribution >= 4 is 5.78 Å². The Morgan fingerprint density at radius 1 is 1.16 bits per heavy atom. The maximum atomic E-state index is 13.1. The lowest BCUT2D eigenvalue weighted by atomic mass is 9.93. The van der Waals surface area contributed by atoms with E-state index in [4.69, 9.17) is 5.26 Å². The summed E-state index contributed by atoms with van der Waals surface area (Å²) < 4.78 is 13.1. The van der Waals surface area contributed by atoms with E-state index in [1.54, 1.807) is 36.4 Å². The average molecular weight is 253 g/mol. The molecule has 0 aromatic heterocycles. The quantitative estimate of drug-likeness (QED) is 0.779. The topological polar surface area (TPSA) is 40.9 Å². The standard InChI is InChI=1S/C16H12FNO/c17-15-8-4-7-13(9-15)14(11-18)10-16(19)12-5-2-1-3-6-12/h1-9,14H,10H2/t14-/m0/s1. The van der Waals surface area contributed by atoms with Crippen molar-refractivity contribution in [1.29, 1.82) is 5.26 Å². The molecule has 1 atom stereocenters. The second-order valence-corrected chi connectivity index (χ2v) is 4.23. The predicted octanol–water partition coefficient (Wildman–Crippen LogP) is 3.71. The maximum Gasteiger partial charge on any atom is 0.164 e. The van der Waals surface area contributed by atoms with E-state index in [1.165, 1.54) is 12.1 Å². The van der Waals surface area contributed by atoms with Crippen LogP contribution in [0.3, 0.4) is 0 Å². The lowest BCUT2D eigenvalue weighted by molar-refractivity contribution is 0.0979. The molecule has 0 spiro atoms. The van der Waals surface area contributed by atoms with Gasteiger partial charge in [0.25, 0.3) is 0 Å². The molecule has 19 heavy (non-hydrogen) atoms. The third-order valence-corrected chi connectivity index (χ3v) is 2.89. The van der Waals surface area contributed by atoms with Crippen LogP contribution in [0.2, 0.25) is 0 Å². The molecule has 94 valence electrons. The van der Waals surface area contributed by atoms with Gasteiger partial charge in [-0.25, -0.2) is 4.39 Å². The van der Waals surface area contributed by atoms with Crippen molar-refractivity contribution in [2.24, 2.45) is 0 Å². The molecular formula is C16H12FNO. The number of nitriles is 1. The van der Waals surface area contributed by atoms with Crippen LogP contribution in [0.4, 0.5) is 4.39 Å². The molecule has 0 N–H and O–H groups in total. The van der Waals surface area contributed by atoms with Gasteiger partial charge in [0.2, 0.25) is 0 Å². The molecule has 0 saturated heterocycles. The summed E-state index contributed by atoms with van der Waals surface area (Å²) in [5, 5.41) is 9.14. The summed E-state index contributed by atoms with van der Waals surface area (Å²) >= 11 is 0. The number of carbonyl (C=O) groups excluding carboxylic acids is 1. The van der Waals surface area contributed by atoms with Gasteiger partial charge in [-0.05, 0) is 17.7 Å². The maximum absolute atomic E-state index is 13.1. The summed E-state index contributed by atoms with van der Waals surface area (Å²) in [6, 6.07) is 16.7. The van der Waals surface area contributed by atoms with Crippen molar-refractivity contribution in [2.45, 2.75) is 12.3 Å². The van der Waals surface area contributed by atoms with Crippen LogP contribution >= 0.6 is 0 Å². The number of hydrogen-bond acceptors (Lipinski definition) is 2. The van der Waals surface area contributed by atoms with Crippen LogP contribution in [-0.4, -0.2) is 5.78 Å². The minimum Gasteiger partial charge on any atom is -0.294 e. The number of carbonyl (C=O) groups is 1. The van der Waals surface area contributed by atoms with E-state index in [1.807, 2.05) is 6.07 Å². The lowest BCUT2D eigenvalue weighted by Crippen LogP contribution is -2.06. The highest BCUT2D eigenvalue weighted by atomic mass is 19.1. The highest BCUT2D eigenvalue weighted by Gasteiger charge is 2.17. The monoisotopic (exact) mass is 253 g/mol. The Balaban J connectivity index is 2.17. The molecule has 2 rings (SSSR count). The number of rotatable bonds is 4. The van der Waals surface area contributed by atoms with Crippen molar-refractivity contribution in [3.63, 3.8) is 0 Å². The van der Waals surface area contributed by atoms with Gasteiger partial charge >= 0.3 is 0 Å². The minimum atomic E-state index is -0.622. The Bertz CT molecular complexity index is 616. The summed E-state index contributed by atoms with van der Waals surface area (Å²) in [5.74, 6) is -1.13. The fourth-order valence-corrected chi connectivity index (χ4v) is 1.89. The number of halogens is 1. The Morgan fingerprint density at radius 2 is 1.89 bits per heavy atom. The van der Waals surface area contributed by atoms with Crippen LogP contribution < -0.4 is 0 Å². The zero-order chi connectivity index (χ0) is 13.7. The molecule has 0 heterocycles. The van der Waals surface area contributed by atoms with E-state index in [9.17, 15) is 9.18 Å². The van der Waals surface area contributed by atoms with Gasteiger partial charge in [-0.1, -0.05) is 42.5 Å². The van der Waals surface area contributed by atoms with Gasteiger partial charge in [0, 0.05) is 12.0 Å². The third kappa shape index (κ3) is 3.26. The van der Waals surface area contributed by atoms with E-state index in [0.29, 0.717) is 11.1 Å². The largest absolute Gasteiger partial charge is 0.294 e. The smallest absolute Gasteiger partial charge is 0.164 e. The van der Waals surface area contributed by atoms with E-state index in [0.717, 1.165) is 0 Å². The first-order valence-electron chi connectivity index (χ1n) is 5.94. The molecule has 0 aliphatic carbocycles. The fraction of sp³-hybridized carbons (Fsp3) is 0.125. The van der Waals surface area contributed by atoms with E-state index in [2.05, 4.69) is 6.07 Å². The zero-order valence-electron chi connectivity index (χ0n) is 10.2. The SMILES string of the molecule is N#C[C@H](CC(=O)c1ccccc1)c1cccc(F)c1. The molecule has 0 aliphatic heterocycles. The summed E-state index contributed by atoms with van der Waals surface area (Å²) in [5.41, 5.74) is 1.10. The Kier molecular flexibility index (Phi) is 4.04. The molecule has 3 heteroatoms. The van der Waals surface area contributed by atoms with Crippen LogP contribution in [-0.2, 0) is 0 Å². The molecule has 0 bridgehead atoms. The summed E-state index contributed by atoms with van der Waals surface area (Å²) in [6.07, 6.45) is 0.0595. The first-order valence-corrected chi connectivity index (χ1v) is 5.94. The molecule has 2 aromatic rings. The molecule has 0 amide bonds. The number of Topliss-reactive ketones (excluding diaryl/α,β-unsaturated/α-hetero) is 1. The van der Waals surface area contributed by atoms with Gasteiger partial charge in [-0.3, -0.25) is 4.79 Å². The molecule has 0 unspecified atom stereocenters. The van der Waals surface area contributed by atoms with Gasteiger partial charge < -0.3 is 0 Å². The molecule has 0 fully saturated rings. The molecule has 2 aromatic carbocycles. The molecular weight excluding hydrogens is 241 g/mol. The number of hydrogen-bond donors (Lipinski definition) is 0. The van der Waals surface area contributed by atoms with Crippen LogP contribution in [0.25, 0.3) is 0 Å². The summed E-state index contributed by atoms with van der Waals surface area (Å²) in [6.45, 7) is 0.